The molecule has 2 nitrogen and oxygen atoms in total. The molecular formula is C6H11NO. The molecule has 1 saturated heterocycles. The molecule has 1 heterocycles. The topological polar surface area (TPSA) is 29.1 Å². The lowest BCUT2D eigenvalue weighted by atomic mass is 10.00. The molecule has 0 spiro atoms. The zero-order chi connectivity index (χ0) is 8.48. The molecule has 1 atom stereocenters. The molecule has 0 aliphatic carbocycles. The van der Waals surface area contributed by atoms with Crippen LogP contribution in [0.3, 0.4) is 0 Å². The van der Waals surface area contributed by atoms with Crippen molar-refractivity contribution < 1.29 is 8.91 Å². The van der Waals surface area contributed by atoms with Crippen LogP contribution >= 0.6 is 0 Å². The Hall–Kier alpha value is -0.370. The molecule has 1 fully saturated rings. The van der Waals surface area contributed by atoms with E-state index in [9.17, 15) is 4.79 Å². The van der Waals surface area contributed by atoms with E-state index in [1.807, 2.05) is 0 Å². The van der Waals surface area contributed by atoms with Crippen molar-refractivity contribution in [3.8, 4) is 0 Å². The van der Waals surface area contributed by atoms with E-state index in [0.717, 1.165) is 0 Å². The molecule has 0 aromatic rings. The maximum Gasteiger partial charge on any atom is 0.149 e. The molecule has 0 saturated carbocycles. The summed E-state index contributed by atoms with van der Waals surface area (Å²) in [6.07, 6.45) is 0.440. The number of carbonyl (C=O) groups is 1. The highest BCUT2D eigenvalue weighted by atomic mass is 16.1. The highest BCUT2D eigenvalue weighted by Gasteiger charge is 2.15. The Morgan fingerprint density at radius 1 is 2.00 bits per heavy atom. The summed E-state index contributed by atoms with van der Waals surface area (Å²) in [7, 11) is 0. The molecule has 1 rings (SSSR count). The summed E-state index contributed by atoms with van der Waals surface area (Å²) in [4.78, 5) is 11.0. The first-order valence-electron chi connectivity index (χ1n) is 4.25. The van der Waals surface area contributed by atoms with Gasteiger partial charge in [0.15, 0.2) is 0 Å². The molecule has 0 radical (unpaired) electrons. The van der Waals surface area contributed by atoms with Crippen LogP contribution in [0.25, 0.3) is 0 Å². The van der Waals surface area contributed by atoms with Gasteiger partial charge in [0.05, 0.1) is 6.54 Å². The van der Waals surface area contributed by atoms with E-state index in [0.29, 0.717) is 13.0 Å². The molecular weight excluding hydrogens is 102 g/mol. The van der Waals surface area contributed by atoms with Crippen LogP contribution in [0, 0.1) is 5.92 Å². The lowest BCUT2D eigenvalue weighted by Crippen LogP contribution is -2.35. The summed E-state index contributed by atoms with van der Waals surface area (Å²) >= 11 is 0. The zero-order valence-corrected chi connectivity index (χ0v) is 4.61. The van der Waals surface area contributed by atoms with Crippen LogP contribution < -0.4 is 5.32 Å². The van der Waals surface area contributed by atoms with Crippen LogP contribution in [0.15, 0.2) is 0 Å². The SMILES string of the molecule is [2H]C([2H])([2H])C1CCNCC1=O. The third-order valence-corrected chi connectivity index (χ3v) is 1.30. The molecule has 1 N–H and O–H groups in total. The molecule has 0 aromatic carbocycles. The fourth-order valence-corrected chi connectivity index (χ4v) is 0.742. The van der Waals surface area contributed by atoms with Gasteiger partial charge in [-0.1, -0.05) is 6.85 Å². The fourth-order valence-electron chi connectivity index (χ4n) is 0.742. The second kappa shape index (κ2) is 2.27. The monoisotopic (exact) mass is 116 g/mol. The minimum atomic E-state index is -2.10. The van der Waals surface area contributed by atoms with Gasteiger partial charge in [-0.05, 0) is 13.0 Å². The van der Waals surface area contributed by atoms with Crippen LogP contribution in [0.2, 0.25) is 0 Å². The number of carbonyl (C=O) groups excluding carboxylic acids is 1. The zero-order valence-electron chi connectivity index (χ0n) is 7.61. The van der Waals surface area contributed by atoms with Gasteiger partial charge in [0.1, 0.15) is 5.78 Å². The molecule has 0 aromatic heterocycles. The van der Waals surface area contributed by atoms with Gasteiger partial charge in [-0.2, -0.15) is 0 Å². The first-order chi connectivity index (χ1) is 5.02. The van der Waals surface area contributed by atoms with Crippen molar-refractivity contribution in [2.45, 2.75) is 13.3 Å². The minimum Gasteiger partial charge on any atom is -0.310 e. The van der Waals surface area contributed by atoms with Crippen molar-refractivity contribution in [2.75, 3.05) is 13.1 Å². The summed E-state index contributed by atoms with van der Waals surface area (Å²) < 4.78 is 21.1. The van der Waals surface area contributed by atoms with Gasteiger partial charge in [-0.3, -0.25) is 4.79 Å². The fraction of sp³-hybridized carbons (Fsp3) is 0.833. The Kier molecular flexibility index (Phi) is 0.841. The van der Waals surface area contributed by atoms with Crippen molar-refractivity contribution in [1.82, 2.24) is 5.32 Å². The van der Waals surface area contributed by atoms with Gasteiger partial charge >= 0.3 is 0 Å². The molecule has 8 heavy (non-hydrogen) atoms. The summed E-state index contributed by atoms with van der Waals surface area (Å²) in [6.45, 7) is -1.25. The Morgan fingerprint density at radius 2 is 2.88 bits per heavy atom. The van der Waals surface area contributed by atoms with E-state index < -0.39 is 12.8 Å². The lowest BCUT2D eigenvalue weighted by Gasteiger charge is -2.16. The maximum atomic E-state index is 11.0. The normalized spacial score (nSPS) is 37.8. The van der Waals surface area contributed by atoms with Gasteiger partial charge < -0.3 is 5.32 Å². The average Bonchev–Trinajstić information content (AvgIpc) is 1.86. The van der Waals surface area contributed by atoms with Crippen molar-refractivity contribution in [2.24, 2.45) is 5.92 Å². The number of rotatable bonds is 0. The quantitative estimate of drug-likeness (QED) is 0.489. The van der Waals surface area contributed by atoms with E-state index >= 15 is 0 Å². The summed E-state index contributed by atoms with van der Waals surface area (Å²) in [5.74, 6) is -0.917. The first-order valence-corrected chi connectivity index (χ1v) is 2.75. The lowest BCUT2D eigenvalue weighted by molar-refractivity contribution is -0.122. The van der Waals surface area contributed by atoms with Gasteiger partial charge in [0.25, 0.3) is 0 Å². The van der Waals surface area contributed by atoms with E-state index in [-0.39, 0.29) is 12.3 Å². The largest absolute Gasteiger partial charge is 0.310 e. The Morgan fingerprint density at radius 3 is 3.38 bits per heavy atom. The minimum absolute atomic E-state index is 0.184. The molecule has 1 aliphatic rings. The number of hydrogen-bond acceptors (Lipinski definition) is 2. The molecule has 1 aliphatic heterocycles. The van der Waals surface area contributed by atoms with Crippen molar-refractivity contribution >= 4 is 5.78 Å². The molecule has 1 unspecified atom stereocenters. The second-order valence-corrected chi connectivity index (χ2v) is 1.98. The number of piperidine rings is 1. The number of ketones is 1. The van der Waals surface area contributed by atoms with E-state index in [1.54, 1.807) is 0 Å². The predicted octanol–water partition coefficient (Wildman–Crippen LogP) is 0.185. The van der Waals surface area contributed by atoms with E-state index in [1.165, 1.54) is 0 Å². The third kappa shape index (κ3) is 1.07. The number of Topliss-reactive ketones (excluding diaryl/α,β-unsaturated/α-hetero) is 1. The van der Waals surface area contributed by atoms with Crippen LogP contribution in [-0.2, 0) is 4.79 Å². The number of nitrogens with one attached hydrogen (secondary N) is 1. The second-order valence-electron chi connectivity index (χ2n) is 1.98. The molecule has 2 heteroatoms. The highest BCUT2D eigenvalue weighted by Crippen LogP contribution is 2.04. The Balaban J connectivity index is 2.62. The molecule has 0 bridgehead atoms. The first kappa shape index (κ1) is 2.97. The standard InChI is InChI=1S/C6H11NO/c1-5-2-3-7-4-6(5)8/h5,7H,2-4H2,1H3/i1D3. The number of hydrogen-bond donors (Lipinski definition) is 1. The van der Waals surface area contributed by atoms with Crippen molar-refractivity contribution in [3.63, 3.8) is 0 Å². The van der Waals surface area contributed by atoms with Crippen LogP contribution in [0.4, 0.5) is 0 Å². The van der Waals surface area contributed by atoms with E-state index in [4.69, 9.17) is 4.11 Å². The third-order valence-electron chi connectivity index (χ3n) is 1.30. The van der Waals surface area contributed by atoms with Crippen molar-refractivity contribution in [3.05, 3.63) is 0 Å². The highest BCUT2D eigenvalue weighted by molar-refractivity contribution is 5.83. The predicted molar refractivity (Wildman–Crippen MR) is 31.7 cm³/mol. The van der Waals surface area contributed by atoms with Gasteiger partial charge in [0, 0.05) is 10.0 Å². The van der Waals surface area contributed by atoms with E-state index in [2.05, 4.69) is 5.32 Å². The average molecular weight is 116 g/mol. The van der Waals surface area contributed by atoms with Gasteiger partial charge in [-0.15, -0.1) is 0 Å². The summed E-state index contributed by atoms with van der Waals surface area (Å²) in [5.41, 5.74) is 0. The van der Waals surface area contributed by atoms with Gasteiger partial charge in [-0.25, -0.2) is 0 Å². The maximum absolute atomic E-state index is 11.0. The molecule has 0 amide bonds. The smallest absolute Gasteiger partial charge is 0.149 e. The van der Waals surface area contributed by atoms with Crippen LogP contribution in [0.5, 0.6) is 0 Å². The van der Waals surface area contributed by atoms with Crippen molar-refractivity contribution in [1.29, 1.82) is 0 Å². The van der Waals surface area contributed by atoms with Crippen LogP contribution in [-0.4, -0.2) is 18.9 Å². The summed E-state index contributed by atoms with van der Waals surface area (Å²) in [6, 6.07) is 0. The van der Waals surface area contributed by atoms with Gasteiger partial charge in [0.2, 0.25) is 0 Å². The Labute approximate surface area is 53.5 Å². The molecule has 46 valence electrons. The summed E-state index contributed by atoms with van der Waals surface area (Å²) in [5, 5.41) is 2.84. The van der Waals surface area contributed by atoms with Crippen LogP contribution in [0.1, 0.15) is 17.4 Å². The Bertz CT molecular complexity index is 166.